The third kappa shape index (κ3) is 5.67. The molecule has 0 heterocycles. The summed E-state index contributed by atoms with van der Waals surface area (Å²) in [5, 5.41) is 0. The van der Waals surface area contributed by atoms with Crippen molar-refractivity contribution in [1.82, 2.24) is 0 Å². The van der Waals surface area contributed by atoms with Crippen molar-refractivity contribution >= 4 is 21.6 Å². The highest BCUT2D eigenvalue weighted by molar-refractivity contribution is 9.10. The van der Waals surface area contributed by atoms with Crippen LogP contribution < -0.4 is 0 Å². The van der Waals surface area contributed by atoms with Crippen LogP contribution in [0, 0.1) is 0 Å². The van der Waals surface area contributed by atoms with E-state index in [0.717, 1.165) is 15.7 Å². The first-order valence-electron chi connectivity index (χ1n) is 11.8. The molecule has 0 fully saturated rings. The van der Waals surface area contributed by atoms with Crippen LogP contribution in [0.15, 0.2) is 137 Å². The second-order valence-electron chi connectivity index (χ2n) is 8.65. The van der Waals surface area contributed by atoms with E-state index in [1.54, 1.807) is 0 Å². The molecule has 35 heavy (non-hydrogen) atoms. The van der Waals surface area contributed by atoms with E-state index in [1.165, 1.54) is 38.9 Å². The van der Waals surface area contributed by atoms with Crippen molar-refractivity contribution in [2.75, 3.05) is 0 Å². The van der Waals surface area contributed by atoms with Gasteiger partial charge in [-0.15, -0.1) is 0 Å². The van der Waals surface area contributed by atoms with Crippen LogP contribution in [0.25, 0.3) is 33.4 Å². The molecule has 0 aliphatic heterocycles. The molecule has 2 heteroatoms. The predicted octanol–water partition coefficient (Wildman–Crippen LogP) is 9.46. The first-order valence-corrected chi connectivity index (χ1v) is 12.6. The molecule has 0 aromatic heterocycles. The molecule has 0 atom stereocenters. The van der Waals surface area contributed by atoms with Crippen molar-refractivity contribution in [3.63, 3.8) is 0 Å². The first-order chi connectivity index (χ1) is 17.2. The molecule has 0 unspecified atom stereocenters. The van der Waals surface area contributed by atoms with Crippen molar-refractivity contribution in [1.29, 1.82) is 0 Å². The Morgan fingerprint density at radius 2 is 1.00 bits per heavy atom. The van der Waals surface area contributed by atoms with E-state index in [0.29, 0.717) is 6.54 Å². The van der Waals surface area contributed by atoms with Gasteiger partial charge in [0, 0.05) is 10.2 Å². The summed E-state index contributed by atoms with van der Waals surface area (Å²) in [4.78, 5) is 4.87. The van der Waals surface area contributed by atoms with Crippen LogP contribution in [-0.4, -0.2) is 5.71 Å². The van der Waals surface area contributed by atoms with Crippen LogP contribution in [-0.2, 0) is 6.54 Å². The van der Waals surface area contributed by atoms with Gasteiger partial charge in [-0.3, -0.25) is 4.99 Å². The third-order valence-electron chi connectivity index (χ3n) is 6.13. The molecule has 0 N–H and O–H groups in total. The van der Waals surface area contributed by atoms with E-state index in [9.17, 15) is 0 Å². The minimum Gasteiger partial charge on any atom is -0.285 e. The third-order valence-corrected chi connectivity index (χ3v) is 6.59. The maximum Gasteiger partial charge on any atom is 0.0643 e. The fourth-order valence-corrected chi connectivity index (χ4v) is 4.82. The number of halogens is 1. The van der Waals surface area contributed by atoms with Gasteiger partial charge in [0.25, 0.3) is 0 Å². The minimum atomic E-state index is 0.636. The van der Waals surface area contributed by atoms with Crippen LogP contribution in [0.2, 0.25) is 0 Å². The molecule has 0 bridgehead atoms. The Kier molecular flexibility index (Phi) is 7.02. The van der Waals surface area contributed by atoms with E-state index >= 15 is 0 Å². The fraction of sp³-hybridized carbons (Fsp3) is 0.0606. The number of rotatable bonds is 6. The topological polar surface area (TPSA) is 12.4 Å². The predicted molar refractivity (Wildman–Crippen MR) is 153 cm³/mol. The SMILES string of the molecule is CC(=NCc1cc(Br)cc(-c2cc(-c3ccccc3)cc(-c3ccccc3)c2)c1)c1ccccc1. The Bertz CT molecular complexity index is 1400. The molecule has 0 spiro atoms. The minimum absolute atomic E-state index is 0.636. The van der Waals surface area contributed by atoms with E-state index < -0.39 is 0 Å². The van der Waals surface area contributed by atoms with Gasteiger partial charge in [-0.2, -0.15) is 0 Å². The van der Waals surface area contributed by atoms with Gasteiger partial charge in [0.05, 0.1) is 6.54 Å². The molecule has 170 valence electrons. The number of aliphatic imine (C=N–C) groups is 1. The maximum atomic E-state index is 4.87. The summed E-state index contributed by atoms with van der Waals surface area (Å²) < 4.78 is 1.06. The number of benzene rings is 5. The highest BCUT2D eigenvalue weighted by atomic mass is 79.9. The Labute approximate surface area is 216 Å². The Hall–Kier alpha value is -3.75. The number of nitrogens with zero attached hydrogens (tertiary/aromatic N) is 1. The molecule has 0 radical (unpaired) electrons. The Morgan fingerprint density at radius 3 is 1.54 bits per heavy atom. The Balaban J connectivity index is 1.55. The van der Waals surface area contributed by atoms with Gasteiger partial charge in [0.15, 0.2) is 0 Å². The Morgan fingerprint density at radius 1 is 0.543 bits per heavy atom. The molecule has 0 saturated heterocycles. The maximum absolute atomic E-state index is 4.87. The molecule has 0 aliphatic rings. The normalized spacial score (nSPS) is 11.4. The smallest absolute Gasteiger partial charge is 0.0643 e. The summed E-state index contributed by atoms with van der Waals surface area (Å²) in [6, 6.07) is 44.9. The van der Waals surface area contributed by atoms with Crippen LogP contribution in [0.4, 0.5) is 0 Å². The lowest BCUT2D eigenvalue weighted by Gasteiger charge is -2.13. The monoisotopic (exact) mass is 515 g/mol. The van der Waals surface area contributed by atoms with Crippen LogP contribution >= 0.6 is 15.9 Å². The largest absolute Gasteiger partial charge is 0.285 e. The van der Waals surface area contributed by atoms with Crippen LogP contribution in [0.3, 0.4) is 0 Å². The van der Waals surface area contributed by atoms with E-state index in [4.69, 9.17) is 4.99 Å². The lowest BCUT2D eigenvalue weighted by molar-refractivity contribution is 1.06. The molecule has 5 rings (SSSR count). The molecule has 0 amide bonds. The lowest BCUT2D eigenvalue weighted by atomic mass is 9.93. The van der Waals surface area contributed by atoms with Gasteiger partial charge < -0.3 is 0 Å². The van der Waals surface area contributed by atoms with E-state index in [-0.39, 0.29) is 0 Å². The summed E-state index contributed by atoms with van der Waals surface area (Å²) >= 11 is 3.74. The summed E-state index contributed by atoms with van der Waals surface area (Å²) in [7, 11) is 0. The summed E-state index contributed by atoms with van der Waals surface area (Å²) in [6.07, 6.45) is 0. The number of hydrogen-bond acceptors (Lipinski definition) is 1. The average molecular weight is 516 g/mol. The van der Waals surface area contributed by atoms with E-state index in [2.05, 4.69) is 144 Å². The quantitative estimate of drug-likeness (QED) is 0.199. The first kappa shape index (κ1) is 23.0. The second kappa shape index (κ2) is 10.7. The molecular formula is C33H26BrN. The van der Waals surface area contributed by atoms with Gasteiger partial charge in [0.1, 0.15) is 0 Å². The summed E-state index contributed by atoms with van der Waals surface area (Å²) in [5.74, 6) is 0. The second-order valence-corrected chi connectivity index (χ2v) is 9.56. The zero-order valence-electron chi connectivity index (χ0n) is 19.7. The molecule has 5 aromatic carbocycles. The van der Waals surface area contributed by atoms with Crippen LogP contribution in [0.5, 0.6) is 0 Å². The van der Waals surface area contributed by atoms with Crippen molar-refractivity contribution in [2.45, 2.75) is 13.5 Å². The van der Waals surface area contributed by atoms with Gasteiger partial charge in [-0.05, 0) is 87.8 Å². The molecule has 5 aromatic rings. The zero-order chi connectivity index (χ0) is 24.0. The zero-order valence-corrected chi connectivity index (χ0v) is 21.2. The summed E-state index contributed by atoms with van der Waals surface area (Å²) in [6.45, 7) is 2.71. The number of hydrogen-bond donors (Lipinski definition) is 0. The van der Waals surface area contributed by atoms with Crippen molar-refractivity contribution in [2.24, 2.45) is 4.99 Å². The van der Waals surface area contributed by atoms with Crippen molar-refractivity contribution in [3.8, 4) is 33.4 Å². The summed E-state index contributed by atoms with van der Waals surface area (Å²) in [5.41, 5.74) is 10.6. The molecule has 0 saturated carbocycles. The highest BCUT2D eigenvalue weighted by Gasteiger charge is 2.09. The molecular weight excluding hydrogens is 490 g/mol. The van der Waals surface area contributed by atoms with Crippen molar-refractivity contribution < 1.29 is 0 Å². The van der Waals surface area contributed by atoms with Gasteiger partial charge >= 0.3 is 0 Å². The van der Waals surface area contributed by atoms with Crippen molar-refractivity contribution in [3.05, 3.63) is 143 Å². The van der Waals surface area contributed by atoms with Gasteiger partial charge in [-0.1, -0.05) is 107 Å². The molecule has 1 nitrogen and oxygen atoms in total. The molecule has 0 aliphatic carbocycles. The van der Waals surface area contributed by atoms with Gasteiger partial charge in [-0.25, -0.2) is 0 Å². The van der Waals surface area contributed by atoms with E-state index in [1.807, 2.05) is 6.07 Å². The van der Waals surface area contributed by atoms with Crippen LogP contribution in [0.1, 0.15) is 18.1 Å². The fourth-order valence-electron chi connectivity index (χ4n) is 4.28. The van der Waals surface area contributed by atoms with Gasteiger partial charge in [0.2, 0.25) is 0 Å². The highest BCUT2D eigenvalue weighted by Crippen LogP contribution is 2.34. The standard InChI is InChI=1S/C33H26BrN/c1-24(26-11-5-2-6-12-26)35-23-25-17-29(22-33(34)18-25)32-20-30(27-13-7-3-8-14-27)19-31(21-32)28-15-9-4-10-16-28/h2-22H,23H2,1H3. The average Bonchev–Trinajstić information content (AvgIpc) is 2.92. The lowest BCUT2D eigenvalue weighted by Crippen LogP contribution is -1.95.